The van der Waals surface area contributed by atoms with E-state index in [4.69, 9.17) is 5.73 Å². The van der Waals surface area contributed by atoms with Crippen molar-refractivity contribution in [3.8, 4) is 0 Å². The molecule has 1 rings (SSSR count). The van der Waals surface area contributed by atoms with Crippen molar-refractivity contribution in [1.29, 1.82) is 0 Å². The molecule has 0 saturated carbocycles. The molecule has 6 heteroatoms. The summed E-state index contributed by atoms with van der Waals surface area (Å²) in [6, 6.07) is 3.30. The minimum absolute atomic E-state index is 0.234. The molecule has 0 radical (unpaired) electrons. The number of primary amides is 1. The van der Waals surface area contributed by atoms with Gasteiger partial charge < -0.3 is 11.1 Å². The fourth-order valence-corrected chi connectivity index (χ4v) is 2.46. The average molecular weight is 274 g/mol. The maximum absolute atomic E-state index is 13.3. The number of hydrogen-bond acceptors (Lipinski definition) is 3. The van der Waals surface area contributed by atoms with Crippen LogP contribution in [-0.4, -0.2) is 24.2 Å². The van der Waals surface area contributed by atoms with E-state index in [-0.39, 0.29) is 4.90 Å². The van der Waals surface area contributed by atoms with Gasteiger partial charge in [-0.2, -0.15) is 0 Å². The third-order valence-corrected chi connectivity index (χ3v) is 3.88. The van der Waals surface area contributed by atoms with E-state index in [2.05, 4.69) is 5.32 Å². The van der Waals surface area contributed by atoms with Crippen LogP contribution in [0.15, 0.2) is 23.1 Å². The molecule has 1 aromatic rings. The Kier molecular flexibility index (Phi) is 5.10. The van der Waals surface area contributed by atoms with Gasteiger partial charge in [0.2, 0.25) is 5.91 Å². The minimum atomic E-state index is -0.837. The third-order valence-electron chi connectivity index (χ3n) is 2.85. The summed E-state index contributed by atoms with van der Waals surface area (Å²) in [6.07, 6.45) is 0.430. The van der Waals surface area contributed by atoms with Gasteiger partial charge in [0, 0.05) is 10.6 Å². The maximum atomic E-state index is 13.3. The van der Waals surface area contributed by atoms with Crippen molar-refractivity contribution in [3.05, 3.63) is 29.8 Å². The van der Waals surface area contributed by atoms with Crippen LogP contribution in [0, 0.1) is 11.6 Å². The summed E-state index contributed by atoms with van der Waals surface area (Å²) in [6.45, 7) is 1.68. The van der Waals surface area contributed by atoms with Gasteiger partial charge in [0.05, 0.1) is 5.54 Å². The monoisotopic (exact) mass is 274 g/mol. The second-order valence-electron chi connectivity index (χ2n) is 4.12. The van der Waals surface area contributed by atoms with Crippen molar-refractivity contribution in [2.24, 2.45) is 5.73 Å². The zero-order chi connectivity index (χ0) is 13.8. The van der Waals surface area contributed by atoms with E-state index in [0.29, 0.717) is 12.2 Å². The van der Waals surface area contributed by atoms with Crippen LogP contribution in [-0.2, 0) is 4.79 Å². The molecular formula is C12H16F2N2OS. The zero-order valence-corrected chi connectivity index (χ0v) is 11.1. The summed E-state index contributed by atoms with van der Waals surface area (Å²) in [4.78, 5) is 11.5. The number of hydrogen-bond donors (Lipinski definition) is 2. The molecule has 1 atom stereocenters. The summed E-state index contributed by atoms with van der Waals surface area (Å²) in [5.41, 5.74) is 4.43. The Balaban J connectivity index is 2.61. The number of nitrogens with two attached hydrogens (primary N) is 1. The van der Waals surface area contributed by atoms with E-state index in [0.717, 1.165) is 30.0 Å². The lowest BCUT2D eigenvalue weighted by Gasteiger charge is -2.25. The molecule has 0 aliphatic rings. The fourth-order valence-electron chi connectivity index (χ4n) is 1.32. The number of carbonyl (C=O) groups excluding carboxylic acids is 1. The molecule has 0 bridgehead atoms. The smallest absolute Gasteiger partial charge is 0.237 e. The fraction of sp³-hybridized carbons (Fsp3) is 0.417. The van der Waals surface area contributed by atoms with Crippen molar-refractivity contribution in [2.45, 2.75) is 23.8 Å². The van der Waals surface area contributed by atoms with Gasteiger partial charge in [-0.05, 0) is 38.6 Å². The van der Waals surface area contributed by atoms with Crippen molar-refractivity contribution in [1.82, 2.24) is 5.32 Å². The molecule has 1 amide bonds. The lowest BCUT2D eigenvalue weighted by Crippen LogP contribution is -2.51. The Labute approximate surface area is 109 Å². The molecular weight excluding hydrogens is 258 g/mol. The van der Waals surface area contributed by atoms with E-state index in [9.17, 15) is 13.6 Å². The highest BCUT2D eigenvalue weighted by atomic mass is 32.2. The summed E-state index contributed by atoms with van der Waals surface area (Å²) < 4.78 is 26.3. The first-order chi connectivity index (χ1) is 8.39. The van der Waals surface area contributed by atoms with Crippen molar-refractivity contribution >= 4 is 17.7 Å². The first-order valence-corrected chi connectivity index (χ1v) is 6.44. The molecule has 1 unspecified atom stereocenters. The lowest BCUT2D eigenvalue weighted by molar-refractivity contribution is -0.123. The predicted molar refractivity (Wildman–Crippen MR) is 68.4 cm³/mol. The van der Waals surface area contributed by atoms with E-state index in [1.54, 1.807) is 14.0 Å². The molecule has 0 aromatic heterocycles. The standard InChI is InChI=1S/C12H16F2N2OS/c1-12(16-2,11(15)17)5-6-18-10-7-8(13)3-4-9(10)14/h3-4,7,16H,5-6H2,1-2H3,(H2,15,17). The molecule has 3 nitrogen and oxygen atoms in total. The lowest BCUT2D eigenvalue weighted by atomic mass is 9.99. The number of nitrogens with one attached hydrogen (secondary N) is 1. The van der Waals surface area contributed by atoms with E-state index >= 15 is 0 Å². The Bertz CT molecular complexity index is 442. The largest absolute Gasteiger partial charge is 0.368 e. The number of benzene rings is 1. The number of halogens is 2. The van der Waals surface area contributed by atoms with Gasteiger partial charge in [0.25, 0.3) is 0 Å². The average Bonchev–Trinajstić information content (AvgIpc) is 2.33. The van der Waals surface area contributed by atoms with Crippen LogP contribution in [0.25, 0.3) is 0 Å². The topological polar surface area (TPSA) is 55.1 Å². The molecule has 0 saturated heterocycles. The molecule has 18 heavy (non-hydrogen) atoms. The summed E-state index contributed by atoms with van der Waals surface area (Å²) in [5, 5.41) is 2.83. The van der Waals surface area contributed by atoms with Gasteiger partial charge in [0.1, 0.15) is 11.6 Å². The van der Waals surface area contributed by atoms with Crippen LogP contribution in [0.2, 0.25) is 0 Å². The molecule has 0 spiro atoms. The van der Waals surface area contributed by atoms with Crippen LogP contribution >= 0.6 is 11.8 Å². The second-order valence-corrected chi connectivity index (χ2v) is 5.26. The van der Waals surface area contributed by atoms with E-state index < -0.39 is 23.1 Å². The SMILES string of the molecule is CNC(C)(CCSc1cc(F)ccc1F)C(N)=O. The van der Waals surface area contributed by atoms with Gasteiger partial charge >= 0.3 is 0 Å². The molecule has 100 valence electrons. The van der Waals surface area contributed by atoms with Crippen molar-refractivity contribution < 1.29 is 13.6 Å². The van der Waals surface area contributed by atoms with Crippen molar-refractivity contribution in [2.75, 3.05) is 12.8 Å². The second kappa shape index (κ2) is 6.15. The van der Waals surface area contributed by atoms with E-state index in [1.165, 1.54) is 0 Å². The highest BCUT2D eigenvalue weighted by Crippen LogP contribution is 2.25. The Morgan fingerprint density at radius 3 is 2.72 bits per heavy atom. The molecule has 0 aliphatic carbocycles. The summed E-state index contributed by atoms with van der Waals surface area (Å²) in [5.74, 6) is -0.956. The molecule has 0 aliphatic heterocycles. The number of amides is 1. The molecule has 0 fully saturated rings. The predicted octanol–water partition coefficient (Wildman–Crippen LogP) is 1.91. The number of thioether (sulfide) groups is 1. The quantitative estimate of drug-likeness (QED) is 0.779. The van der Waals surface area contributed by atoms with Gasteiger partial charge in [-0.3, -0.25) is 4.79 Å². The molecule has 0 heterocycles. The van der Waals surface area contributed by atoms with Crippen LogP contribution in [0.4, 0.5) is 8.78 Å². The van der Waals surface area contributed by atoms with Gasteiger partial charge in [0.15, 0.2) is 0 Å². The minimum Gasteiger partial charge on any atom is -0.368 e. The van der Waals surface area contributed by atoms with Crippen molar-refractivity contribution in [3.63, 3.8) is 0 Å². The molecule has 1 aromatic carbocycles. The Morgan fingerprint density at radius 2 is 2.17 bits per heavy atom. The van der Waals surface area contributed by atoms with Gasteiger partial charge in [-0.25, -0.2) is 8.78 Å². The van der Waals surface area contributed by atoms with Gasteiger partial charge in [-0.15, -0.1) is 11.8 Å². The van der Waals surface area contributed by atoms with Crippen LogP contribution in [0.5, 0.6) is 0 Å². The highest BCUT2D eigenvalue weighted by Gasteiger charge is 2.28. The first kappa shape index (κ1) is 14.9. The number of rotatable bonds is 6. The first-order valence-electron chi connectivity index (χ1n) is 5.46. The zero-order valence-electron chi connectivity index (χ0n) is 10.3. The highest BCUT2D eigenvalue weighted by molar-refractivity contribution is 7.99. The van der Waals surface area contributed by atoms with E-state index in [1.807, 2.05) is 0 Å². The third kappa shape index (κ3) is 3.68. The number of likely N-dealkylation sites (N-methyl/N-ethyl adjacent to an activating group) is 1. The normalized spacial score (nSPS) is 14.2. The molecule has 3 N–H and O–H groups in total. The number of carbonyl (C=O) groups is 1. The Hall–Kier alpha value is -1.14. The van der Waals surface area contributed by atoms with Crippen LogP contribution in [0.1, 0.15) is 13.3 Å². The Morgan fingerprint density at radius 1 is 1.50 bits per heavy atom. The van der Waals surface area contributed by atoms with Gasteiger partial charge in [-0.1, -0.05) is 0 Å². The van der Waals surface area contributed by atoms with Crippen LogP contribution in [0.3, 0.4) is 0 Å². The maximum Gasteiger partial charge on any atom is 0.237 e. The van der Waals surface area contributed by atoms with Crippen LogP contribution < -0.4 is 11.1 Å². The summed E-state index contributed by atoms with van der Waals surface area (Å²) in [7, 11) is 1.64. The summed E-state index contributed by atoms with van der Waals surface area (Å²) >= 11 is 1.16.